The van der Waals surface area contributed by atoms with Crippen molar-refractivity contribution in [1.82, 2.24) is 0 Å². The minimum Gasteiger partial charge on any atom is -0.391 e. The summed E-state index contributed by atoms with van der Waals surface area (Å²) in [7, 11) is 0. The van der Waals surface area contributed by atoms with E-state index in [-0.39, 0.29) is 24.1 Å². The maximum atomic E-state index is 13.3. The number of halogens is 2. The minimum absolute atomic E-state index is 0. The fourth-order valence-electron chi connectivity index (χ4n) is 1.58. The van der Waals surface area contributed by atoms with Crippen molar-refractivity contribution < 1.29 is 9.50 Å². The van der Waals surface area contributed by atoms with Gasteiger partial charge in [0.15, 0.2) is 0 Å². The number of hydrogen-bond acceptors (Lipinski definition) is 2. The van der Waals surface area contributed by atoms with E-state index in [4.69, 9.17) is 5.73 Å². The smallest absolute Gasteiger partial charge is 0.126 e. The van der Waals surface area contributed by atoms with Crippen molar-refractivity contribution in [2.75, 3.05) is 0 Å². The Hall–Kier alpha value is -0.640. The third-order valence-corrected chi connectivity index (χ3v) is 2.72. The molecule has 0 heterocycles. The molecule has 0 aliphatic heterocycles. The number of benzene rings is 1. The molecule has 0 unspecified atom stereocenters. The average molecular weight is 248 g/mol. The number of nitrogens with two attached hydrogens (primary N) is 1. The van der Waals surface area contributed by atoms with Gasteiger partial charge in [0.25, 0.3) is 0 Å². The molecule has 0 saturated heterocycles. The average Bonchev–Trinajstić information content (AvgIpc) is 2.20. The van der Waals surface area contributed by atoms with E-state index in [1.165, 1.54) is 6.07 Å². The molecule has 0 aliphatic carbocycles. The van der Waals surface area contributed by atoms with Crippen LogP contribution in [0.1, 0.15) is 31.0 Å². The van der Waals surface area contributed by atoms with Gasteiger partial charge in [-0.1, -0.05) is 26.0 Å². The summed E-state index contributed by atoms with van der Waals surface area (Å²) in [6.07, 6.45) is -0.648. The number of hydrogen-bond donors (Lipinski definition) is 2. The summed E-state index contributed by atoms with van der Waals surface area (Å²) in [5.41, 5.74) is 7.09. The summed E-state index contributed by atoms with van der Waals surface area (Å²) in [6.45, 7) is 5.45. The van der Waals surface area contributed by atoms with Crippen molar-refractivity contribution in [3.63, 3.8) is 0 Å². The molecule has 1 aromatic rings. The van der Waals surface area contributed by atoms with Gasteiger partial charge >= 0.3 is 0 Å². The van der Waals surface area contributed by atoms with E-state index in [2.05, 4.69) is 0 Å². The SMILES string of the molecule is Cc1c(F)cccc1[C@@H](N)[C@@H](O)C(C)C.Cl. The largest absolute Gasteiger partial charge is 0.391 e. The summed E-state index contributed by atoms with van der Waals surface area (Å²) in [4.78, 5) is 0. The summed E-state index contributed by atoms with van der Waals surface area (Å²) in [6, 6.07) is 4.24. The van der Waals surface area contributed by atoms with Crippen molar-refractivity contribution in [3.05, 3.63) is 35.1 Å². The molecule has 0 fully saturated rings. The maximum Gasteiger partial charge on any atom is 0.126 e. The standard InChI is InChI=1S/C12H18FNO.ClH/c1-7(2)12(15)11(14)9-5-4-6-10(13)8(9)3;/h4-7,11-12,15H,14H2,1-3H3;1H/t11-,12+;/m1./s1. The fourth-order valence-corrected chi connectivity index (χ4v) is 1.58. The van der Waals surface area contributed by atoms with Crippen molar-refractivity contribution in [2.24, 2.45) is 11.7 Å². The zero-order valence-electron chi connectivity index (χ0n) is 9.77. The summed E-state index contributed by atoms with van der Waals surface area (Å²) in [5, 5.41) is 9.82. The highest BCUT2D eigenvalue weighted by molar-refractivity contribution is 5.85. The fraction of sp³-hybridized carbons (Fsp3) is 0.500. The molecule has 0 saturated carbocycles. The Kier molecular flexibility index (Phi) is 5.94. The molecule has 0 aromatic heterocycles. The van der Waals surface area contributed by atoms with E-state index in [1.807, 2.05) is 13.8 Å². The van der Waals surface area contributed by atoms with Crippen LogP contribution in [-0.4, -0.2) is 11.2 Å². The van der Waals surface area contributed by atoms with Crippen LogP contribution in [-0.2, 0) is 0 Å². The van der Waals surface area contributed by atoms with Gasteiger partial charge in [0, 0.05) is 0 Å². The van der Waals surface area contributed by atoms with Gasteiger partial charge in [-0.2, -0.15) is 0 Å². The first-order valence-corrected chi connectivity index (χ1v) is 5.13. The van der Waals surface area contributed by atoms with Crippen LogP contribution in [0.5, 0.6) is 0 Å². The molecule has 1 rings (SSSR count). The van der Waals surface area contributed by atoms with Crippen LogP contribution in [0.4, 0.5) is 4.39 Å². The second-order valence-electron chi connectivity index (χ2n) is 4.21. The molecule has 16 heavy (non-hydrogen) atoms. The number of rotatable bonds is 3. The summed E-state index contributed by atoms with van der Waals surface area (Å²) < 4.78 is 13.3. The van der Waals surface area contributed by atoms with E-state index in [1.54, 1.807) is 19.1 Å². The zero-order chi connectivity index (χ0) is 11.6. The van der Waals surface area contributed by atoms with Gasteiger partial charge in [0.2, 0.25) is 0 Å². The first-order valence-electron chi connectivity index (χ1n) is 5.13. The Labute approximate surface area is 102 Å². The number of aliphatic hydroxyl groups excluding tert-OH is 1. The van der Waals surface area contributed by atoms with Crippen LogP contribution < -0.4 is 5.73 Å². The van der Waals surface area contributed by atoms with Gasteiger partial charge in [-0.3, -0.25) is 0 Å². The van der Waals surface area contributed by atoms with Crippen LogP contribution in [0.2, 0.25) is 0 Å². The van der Waals surface area contributed by atoms with E-state index in [9.17, 15) is 9.50 Å². The monoisotopic (exact) mass is 247 g/mol. The van der Waals surface area contributed by atoms with E-state index < -0.39 is 12.1 Å². The van der Waals surface area contributed by atoms with Gasteiger partial charge in [-0.05, 0) is 30.0 Å². The molecule has 0 spiro atoms. The summed E-state index contributed by atoms with van der Waals surface area (Å²) >= 11 is 0. The molecular weight excluding hydrogens is 229 g/mol. The molecule has 2 atom stereocenters. The van der Waals surface area contributed by atoms with Crippen molar-refractivity contribution >= 4 is 12.4 Å². The molecule has 92 valence electrons. The zero-order valence-corrected chi connectivity index (χ0v) is 10.6. The first kappa shape index (κ1) is 15.4. The Bertz CT molecular complexity index is 344. The molecule has 4 heteroatoms. The van der Waals surface area contributed by atoms with Crippen molar-refractivity contribution in [1.29, 1.82) is 0 Å². The lowest BCUT2D eigenvalue weighted by Gasteiger charge is -2.23. The normalized spacial score (nSPS) is 14.4. The predicted molar refractivity (Wildman–Crippen MR) is 66.2 cm³/mol. The van der Waals surface area contributed by atoms with Crippen LogP contribution in [0, 0.1) is 18.7 Å². The lowest BCUT2D eigenvalue weighted by Crippen LogP contribution is -2.31. The Morgan fingerprint density at radius 3 is 2.38 bits per heavy atom. The van der Waals surface area contributed by atoms with Gasteiger partial charge in [0.05, 0.1) is 12.1 Å². The first-order chi connectivity index (χ1) is 6.95. The van der Waals surface area contributed by atoms with Crippen LogP contribution >= 0.6 is 12.4 Å². The molecule has 0 aliphatic rings. The number of aliphatic hydroxyl groups is 1. The molecule has 1 aromatic carbocycles. The lowest BCUT2D eigenvalue weighted by atomic mass is 9.92. The third-order valence-electron chi connectivity index (χ3n) is 2.72. The molecule has 2 nitrogen and oxygen atoms in total. The second kappa shape index (κ2) is 6.18. The quantitative estimate of drug-likeness (QED) is 0.863. The maximum absolute atomic E-state index is 13.3. The highest BCUT2D eigenvalue weighted by atomic mass is 35.5. The minimum atomic E-state index is -0.648. The van der Waals surface area contributed by atoms with Crippen LogP contribution in [0.25, 0.3) is 0 Å². The predicted octanol–water partition coefficient (Wildman–Crippen LogP) is 2.57. The van der Waals surface area contributed by atoms with Crippen LogP contribution in [0.15, 0.2) is 18.2 Å². The Balaban J connectivity index is 0.00000225. The van der Waals surface area contributed by atoms with Gasteiger partial charge < -0.3 is 10.8 Å². The summed E-state index contributed by atoms with van der Waals surface area (Å²) in [5.74, 6) is -0.221. The lowest BCUT2D eigenvalue weighted by molar-refractivity contribution is 0.0976. The molecule has 0 radical (unpaired) electrons. The van der Waals surface area contributed by atoms with E-state index >= 15 is 0 Å². The third kappa shape index (κ3) is 3.17. The van der Waals surface area contributed by atoms with Crippen molar-refractivity contribution in [3.8, 4) is 0 Å². The van der Waals surface area contributed by atoms with Gasteiger partial charge in [-0.25, -0.2) is 4.39 Å². The van der Waals surface area contributed by atoms with Crippen molar-refractivity contribution in [2.45, 2.75) is 32.9 Å². The molecule has 0 amide bonds. The molecular formula is C12H19ClFNO. The van der Waals surface area contributed by atoms with E-state index in [0.29, 0.717) is 11.1 Å². The van der Waals surface area contributed by atoms with Gasteiger partial charge in [0.1, 0.15) is 5.82 Å². The van der Waals surface area contributed by atoms with Crippen LogP contribution in [0.3, 0.4) is 0 Å². The van der Waals surface area contributed by atoms with E-state index in [0.717, 1.165) is 0 Å². The molecule has 3 N–H and O–H groups in total. The Morgan fingerprint density at radius 2 is 1.88 bits per heavy atom. The highest BCUT2D eigenvalue weighted by Gasteiger charge is 2.22. The topological polar surface area (TPSA) is 46.2 Å². The Morgan fingerprint density at radius 1 is 1.31 bits per heavy atom. The molecule has 0 bridgehead atoms. The highest BCUT2D eigenvalue weighted by Crippen LogP contribution is 2.23. The van der Waals surface area contributed by atoms with Gasteiger partial charge in [-0.15, -0.1) is 12.4 Å². The second-order valence-corrected chi connectivity index (χ2v) is 4.21.